The van der Waals surface area contributed by atoms with Gasteiger partial charge >= 0.3 is 0 Å². The van der Waals surface area contributed by atoms with Crippen LogP contribution < -0.4 is 11.1 Å². The average Bonchev–Trinajstić information content (AvgIpc) is 1.94. The zero-order valence-electron chi connectivity index (χ0n) is 8.55. The molecule has 1 fully saturated rings. The van der Waals surface area contributed by atoms with Gasteiger partial charge in [-0.05, 0) is 24.7 Å². The molecule has 0 bridgehead atoms. The highest BCUT2D eigenvalue weighted by Crippen LogP contribution is 2.24. The molecule has 0 saturated heterocycles. The third kappa shape index (κ3) is 3.77. The van der Waals surface area contributed by atoms with E-state index in [2.05, 4.69) is 19.2 Å². The zero-order chi connectivity index (χ0) is 9.84. The Kier molecular flexibility index (Phi) is 3.72. The molecule has 0 aromatic rings. The first kappa shape index (κ1) is 10.5. The minimum Gasteiger partial charge on any atom is -0.356 e. The smallest absolute Gasteiger partial charge is 0.220 e. The molecule has 0 aliphatic heterocycles. The molecule has 1 amide bonds. The van der Waals surface area contributed by atoms with Gasteiger partial charge in [-0.3, -0.25) is 4.79 Å². The molecule has 1 rings (SSSR count). The maximum Gasteiger partial charge on any atom is 0.220 e. The van der Waals surface area contributed by atoms with Crippen molar-refractivity contribution in [2.75, 3.05) is 6.54 Å². The molecule has 76 valence electrons. The maximum absolute atomic E-state index is 11.2. The van der Waals surface area contributed by atoms with Crippen LogP contribution in [0.15, 0.2) is 0 Å². The van der Waals surface area contributed by atoms with E-state index >= 15 is 0 Å². The molecule has 3 nitrogen and oxygen atoms in total. The SMILES string of the molecule is CC(C)CC(=O)NCC1CC(N)C1. The van der Waals surface area contributed by atoms with Gasteiger partial charge in [0.05, 0.1) is 0 Å². The topological polar surface area (TPSA) is 55.1 Å². The Hall–Kier alpha value is -0.570. The van der Waals surface area contributed by atoms with Crippen LogP contribution in [0.3, 0.4) is 0 Å². The normalized spacial score (nSPS) is 27.1. The Bertz CT molecular complexity index is 174. The summed E-state index contributed by atoms with van der Waals surface area (Å²) in [7, 11) is 0. The van der Waals surface area contributed by atoms with Crippen LogP contribution in [0.5, 0.6) is 0 Å². The molecule has 0 unspecified atom stereocenters. The minimum absolute atomic E-state index is 0.176. The third-order valence-corrected chi connectivity index (χ3v) is 2.45. The second-order valence-corrected chi connectivity index (χ2v) is 4.50. The van der Waals surface area contributed by atoms with E-state index in [9.17, 15) is 4.79 Å². The summed E-state index contributed by atoms with van der Waals surface area (Å²) in [6.07, 6.45) is 2.78. The number of nitrogens with two attached hydrogens (primary N) is 1. The van der Waals surface area contributed by atoms with Crippen LogP contribution in [0.25, 0.3) is 0 Å². The lowest BCUT2D eigenvalue weighted by atomic mass is 9.81. The minimum atomic E-state index is 0.176. The predicted octanol–water partition coefficient (Wildman–Crippen LogP) is 0.886. The van der Waals surface area contributed by atoms with E-state index in [1.165, 1.54) is 0 Å². The van der Waals surface area contributed by atoms with Crippen LogP contribution in [-0.4, -0.2) is 18.5 Å². The molecule has 13 heavy (non-hydrogen) atoms. The van der Waals surface area contributed by atoms with Gasteiger partial charge in [-0.1, -0.05) is 13.8 Å². The van der Waals surface area contributed by atoms with Crippen molar-refractivity contribution in [3.63, 3.8) is 0 Å². The molecular formula is C10H20N2O. The van der Waals surface area contributed by atoms with Gasteiger partial charge in [0.2, 0.25) is 5.91 Å². The summed E-state index contributed by atoms with van der Waals surface area (Å²) in [5, 5.41) is 2.94. The molecular weight excluding hydrogens is 164 g/mol. The van der Waals surface area contributed by atoms with E-state index in [-0.39, 0.29) is 5.91 Å². The van der Waals surface area contributed by atoms with Gasteiger partial charge in [0.25, 0.3) is 0 Å². The molecule has 0 spiro atoms. The summed E-state index contributed by atoms with van der Waals surface area (Å²) < 4.78 is 0. The average molecular weight is 184 g/mol. The van der Waals surface area contributed by atoms with Crippen LogP contribution in [0.4, 0.5) is 0 Å². The van der Waals surface area contributed by atoms with E-state index in [4.69, 9.17) is 5.73 Å². The van der Waals surface area contributed by atoms with Crippen LogP contribution in [0.2, 0.25) is 0 Å². The lowest BCUT2D eigenvalue weighted by Crippen LogP contribution is -2.42. The molecule has 3 heteroatoms. The van der Waals surface area contributed by atoms with Gasteiger partial charge in [-0.2, -0.15) is 0 Å². The number of rotatable bonds is 4. The van der Waals surface area contributed by atoms with Crippen molar-refractivity contribution in [2.24, 2.45) is 17.6 Å². The quantitative estimate of drug-likeness (QED) is 0.681. The lowest BCUT2D eigenvalue weighted by molar-refractivity contribution is -0.122. The van der Waals surface area contributed by atoms with Gasteiger partial charge in [0, 0.05) is 19.0 Å². The van der Waals surface area contributed by atoms with Crippen LogP contribution in [-0.2, 0) is 4.79 Å². The van der Waals surface area contributed by atoms with Crippen LogP contribution >= 0.6 is 0 Å². The highest BCUT2D eigenvalue weighted by Gasteiger charge is 2.25. The standard InChI is InChI=1S/C10H20N2O/c1-7(2)3-10(13)12-6-8-4-9(11)5-8/h7-9H,3-6,11H2,1-2H3,(H,12,13). The van der Waals surface area contributed by atoms with E-state index in [1.807, 2.05) is 0 Å². The molecule has 1 saturated carbocycles. The van der Waals surface area contributed by atoms with Crippen molar-refractivity contribution in [2.45, 2.75) is 39.2 Å². The number of amides is 1. The van der Waals surface area contributed by atoms with Gasteiger partial charge in [-0.15, -0.1) is 0 Å². The van der Waals surface area contributed by atoms with E-state index in [0.717, 1.165) is 19.4 Å². The Balaban J connectivity index is 2.02. The summed E-state index contributed by atoms with van der Waals surface area (Å²) in [4.78, 5) is 11.2. The number of hydrogen-bond donors (Lipinski definition) is 2. The Morgan fingerprint density at radius 1 is 1.54 bits per heavy atom. The second kappa shape index (κ2) is 4.61. The van der Waals surface area contributed by atoms with Gasteiger partial charge in [0.15, 0.2) is 0 Å². The monoisotopic (exact) mass is 184 g/mol. The molecule has 0 radical (unpaired) electrons. The number of carbonyl (C=O) groups excluding carboxylic acids is 1. The number of nitrogens with one attached hydrogen (secondary N) is 1. The lowest BCUT2D eigenvalue weighted by Gasteiger charge is -2.32. The van der Waals surface area contributed by atoms with Crippen LogP contribution in [0.1, 0.15) is 33.1 Å². The number of hydrogen-bond acceptors (Lipinski definition) is 2. The molecule has 0 heterocycles. The fourth-order valence-electron chi connectivity index (χ4n) is 1.66. The third-order valence-electron chi connectivity index (χ3n) is 2.45. The van der Waals surface area contributed by atoms with Crippen LogP contribution in [0, 0.1) is 11.8 Å². The van der Waals surface area contributed by atoms with Crippen molar-refractivity contribution in [3.8, 4) is 0 Å². The molecule has 1 aliphatic carbocycles. The van der Waals surface area contributed by atoms with E-state index in [1.54, 1.807) is 0 Å². The van der Waals surface area contributed by atoms with E-state index in [0.29, 0.717) is 24.3 Å². The second-order valence-electron chi connectivity index (χ2n) is 4.50. The summed E-state index contributed by atoms with van der Waals surface area (Å²) in [6, 6.07) is 0.381. The molecule has 3 N–H and O–H groups in total. The first-order valence-electron chi connectivity index (χ1n) is 5.10. The maximum atomic E-state index is 11.2. The van der Waals surface area contributed by atoms with Crippen molar-refractivity contribution >= 4 is 5.91 Å². The Morgan fingerprint density at radius 3 is 2.62 bits per heavy atom. The summed E-state index contributed by atoms with van der Waals surface area (Å²) in [6.45, 7) is 4.93. The highest BCUT2D eigenvalue weighted by atomic mass is 16.1. The number of carbonyl (C=O) groups is 1. The highest BCUT2D eigenvalue weighted by molar-refractivity contribution is 5.76. The van der Waals surface area contributed by atoms with Crippen molar-refractivity contribution in [3.05, 3.63) is 0 Å². The van der Waals surface area contributed by atoms with Crippen molar-refractivity contribution < 1.29 is 4.79 Å². The summed E-state index contributed by atoms with van der Waals surface area (Å²) >= 11 is 0. The Morgan fingerprint density at radius 2 is 2.15 bits per heavy atom. The van der Waals surface area contributed by atoms with E-state index < -0.39 is 0 Å². The molecule has 0 aromatic heterocycles. The fourth-order valence-corrected chi connectivity index (χ4v) is 1.66. The zero-order valence-corrected chi connectivity index (χ0v) is 8.55. The molecule has 0 atom stereocenters. The first-order valence-corrected chi connectivity index (χ1v) is 5.10. The predicted molar refractivity (Wildman–Crippen MR) is 53.2 cm³/mol. The molecule has 1 aliphatic rings. The largest absolute Gasteiger partial charge is 0.356 e. The fraction of sp³-hybridized carbons (Fsp3) is 0.900. The van der Waals surface area contributed by atoms with Gasteiger partial charge in [0.1, 0.15) is 0 Å². The Labute approximate surface area is 80.1 Å². The first-order chi connectivity index (χ1) is 6.08. The summed E-state index contributed by atoms with van der Waals surface area (Å²) in [5.41, 5.74) is 5.64. The van der Waals surface area contributed by atoms with Crippen molar-refractivity contribution in [1.29, 1.82) is 0 Å². The van der Waals surface area contributed by atoms with Gasteiger partial charge in [-0.25, -0.2) is 0 Å². The summed E-state index contributed by atoms with van der Waals surface area (Å²) in [5.74, 6) is 1.25. The van der Waals surface area contributed by atoms with Crippen molar-refractivity contribution in [1.82, 2.24) is 5.32 Å². The van der Waals surface area contributed by atoms with Gasteiger partial charge < -0.3 is 11.1 Å². The molecule has 0 aromatic carbocycles.